The second-order valence-electron chi connectivity index (χ2n) is 7.63. The van der Waals surface area contributed by atoms with Crippen LogP contribution < -0.4 is 4.90 Å². The lowest BCUT2D eigenvalue weighted by molar-refractivity contribution is -0.143. The van der Waals surface area contributed by atoms with Gasteiger partial charge in [0.25, 0.3) is 5.91 Å². The molecule has 0 aliphatic carbocycles. The molecule has 1 aromatic heterocycles. The smallest absolute Gasteiger partial charge is 0.434 e. The van der Waals surface area contributed by atoms with Crippen molar-refractivity contribution in [2.45, 2.75) is 19.5 Å². The quantitative estimate of drug-likeness (QED) is 0.505. The highest BCUT2D eigenvalue weighted by atomic mass is 19.4. The minimum absolute atomic E-state index is 0.0222. The molecule has 0 atom stereocenters. The van der Waals surface area contributed by atoms with Gasteiger partial charge < -0.3 is 14.4 Å². The molecule has 2 aromatic carbocycles. The number of alkyl halides is 3. The number of carbonyl (C=O) groups is 3. The van der Waals surface area contributed by atoms with Crippen LogP contribution in [0.2, 0.25) is 0 Å². The van der Waals surface area contributed by atoms with Gasteiger partial charge in [-0.1, -0.05) is 0 Å². The third kappa shape index (κ3) is 4.48. The van der Waals surface area contributed by atoms with E-state index in [9.17, 15) is 27.6 Å². The maximum atomic E-state index is 13.7. The summed E-state index contributed by atoms with van der Waals surface area (Å²) in [5.41, 5.74) is 0.170. The number of methoxy groups -OCH3 is 1. The standard InChI is InChI=1S/C24H20F3N3O5/c1-3-35-23(33)18-13-28-30(20(18)24(25,26)27)17-7-4-14(5-8-17)21(31)29-11-10-15-12-16(22(32)34-2)6-9-19(15)29/h4-9,12-13H,3,10-11H2,1-2H3. The number of aromatic nitrogens is 2. The summed E-state index contributed by atoms with van der Waals surface area (Å²) < 4.78 is 51.2. The van der Waals surface area contributed by atoms with Crippen LogP contribution in [0.3, 0.4) is 0 Å². The first-order chi connectivity index (χ1) is 16.7. The molecule has 0 unspecified atom stereocenters. The summed E-state index contributed by atoms with van der Waals surface area (Å²) in [4.78, 5) is 38.4. The highest BCUT2D eigenvalue weighted by Gasteiger charge is 2.41. The van der Waals surface area contributed by atoms with Crippen molar-refractivity contribution in [1.82, 2.24) is 9.78 Å². The summed E-state index contributed by atoms with van der Waals surface area (Å²) in [6.07, 6.45) is -3.51. The molecule has 0 saturated carbocycles. The number of amides is 1. The zero-order valence-corrected chi connectivity index (χ0v) is 18.8. The summed E-state index contributed by atoms with van der Waals surface area (Å²) in [5, 5.41) is 3.73. The van der Waals surface area contributed by atoms with Crippen LogP contribution in [-0.2, 0) is 22.1 Å². The van der Waals surface area contributed by atoms with Gasteiger partial charge in [-0.05, 0) is 61.4 Å². The van der Waals surface area contributed by atoms with Gasteiger partial charge in [0.05, 0.1) is 31.2 Å². The Morgan fingerprint density at radius 2 is 1.71 bits per heavy atom. The van der Waals surface area contributed by atoms with Crippen molar-refractivity contribution < 1.29 is 37.0 Å². The van der Waals surface area contributed by atoms with Crippen LogP contribution in [0.15, 0.2) is 48.7 Å². The Kier molecular flexibility index (Phi) is 6.33. The van der Waals surface area contributed by atoms with E-state index < -0.39 is 29.4 Å². The zero-order valence-electron chi connectivity index (χ0n) is 18.8. The number of halogens is 3. The van der Waals surface area contributed by atoms with Crippen LogP contribution in [0.1, 0.15) is 49.3 Å². The van der Waals surface area contributed by atoms with Gasteiger partial charge in [0, 0.05) is 17.8 Å². The van der Waals surface area contributed by atoms with E-state index in [0.29, 0.717) is 28.9 Å². The molecular formula is C24H20F3N3O5. The van der Waals surface area contributed by atoms with Crippen molar-refractivity contribution in [3.63, 3.8) is 0 Å². The number of fused-ring (bicyclic) bond motifs is 1. The van der Waals surface area contributed by atoms with E-state index in [1.807, 2.05) is 0 Å². The minimum Gasteiger partial charge on any atom is -0.465 e. The Morgan fingerprint density at radius 1 is 1.03 bits per heavy atom. The second kappa shape index (κ2) is 9.24. The van der Waals surface area contributed by atoms with Gasteiger partial charge >= 0.3 is 18.1 Å². The summed E-state index contributed by atoms with van der Waals surface area (Å²) in [7, 11) is 1.29. The van der Waals surface area contributed by atoms with Crippen molar-refractivity contribution >= 4 is 23.5 Å². The van der Waals surface area contributed by atoms with Gasteiger partial charge in [-0.15, -0.1) is 0 Å². The van der Waals surface area contributed by atoms with E-state index in [1.54, 1.807) is 23.1 Å². The maximum absolute atomic E-state index is 13.7. The highest BCUT2D eigenvalue weighted by molar-refractivity contribution is 6.07. The van der Waals surface area contributed by atoms with Gasteiger partial charge in [0.15, 0.2) is 5.69 Å². The molecule has 2 heterocycles. The molecule has 1 aliphatic rings. The van der Waals surface area contributed by atoms with Crippen LogP contribution >= 0.6 is 0 Å². The first kappa shape index (κ1) is 24.0. The van der Waals surface area contributed by atoms with Gasteiger partial charge in [0.2, 0.25) is 0 Å². The molecule has 35 heavy (non-hydrogen) atoms. The van der Waals surface area contributed by atoms with E-state index in [1.165, 1.54) is 38.3 Å². The largest absolute Gasteiger partial charge is 0.465 e. The van der Waals surface area contributed by atoms with Gasteiger partial charge in [0.1, 0.15) is 5.56 Å². The SMILES string of the molecule is CCOC(=O)c1cnn(-c2ccc(C(=O)N3CCc4cc(C(=O)OC)ccc43)cc2)c1C(F)(F)F. The summed E-state index contributed by atoms with van der Waals surface area (Å²) in [5.74, 6) is -1.94. The van der Waals surface area contributed by atoms with Crippen molar-refractivity contribution in [1.29, 1.82) is 0 Å². The molecule has 4 rings (SSSR count). The molecule has 0 bridgehead atoms. The normalized spacial score (nSPS) is 12.9. The van der Waals surface area contributed by atoms with E-state index in [4.69, 9.17) is 9.47 Å². The number of hydrogen-bond donors (Lipinski definition) is 0. The molecule has 1 amide bonds. The molecule has 11 heteroatoms. The number of anilines is 1. The summed E-state index contributed by atoms with van der Waals surface area (Å²) >= 11 is 0. The molecular weight excluding hydrogens is 467 g/mol. The lowest BCUT2D eigenvalue weighted by Crippen LogP contribution is -2.28. The molecule has 8 nitrogen and oxygen atoms in total. The predicted molar refractivity (Wildman–Crippen MR) is 118 cm³/mol. The number of benzene rings is 2. The van der Waals surface area contributed by atoms with Crippen LogP contribution in [-0.4, -0.2) is 47.9 Å². The van der Waals surface area contributed by atoms with E-state index in [0.717, 1.165) is 11.8 Å². The summed E-state index contributed by atoms with van der Waals surface area (Å²) in [6.45, 7) is 1.80. The Bertz CT molecular complexity index is 1300. The highest BCUT2D eigenvalue weighted by Crippen LogP contribution is 2.34. The third-order valence-electron chi connectivity index (χ3n) is 5.53. The molecule has 0 fully saturated rings. The molecule has 182 valence electrons. The summed E-state index contributed by atoms with van der Waals surface area (Å²) in [6, 6.07) is 10.3. The first-order valence-electron chi connectivity index (χ1n) is 10.6. The topological polar surface area (TPSA) is 90.7 Å². The number of ether oxygens (including phenoxy) is 2. The predicted octanol–water partition coefficient (Wildman–Crippen LogP) is 4.06. The fourth-order valence-corrected chi connectivity index (χ4v) is 3.93. The average Bonchev–Trinajstić information content (AvgIpc) is 3.48. The number of carbonyl (C=O) groups excluding carboxylic acids is 3. The lowest BCUT2D eigenvalue weighted by Gasteiger charge is -2.18. The van der Waals surface area contributed by atoms with E-state index in [-0.39, 0.29) is 23.8 Å². The molecule has 0 radical (unpaired) electrons. The molecule has 3 aromatic rings. The third-order valence-corrected chi connectivity index (χ3v) is 5.53. The van der Waals surface area contributed by atoms with Crippen molar-refractivity contribution in [3.05, 3.63) is 76.6 Å². The lowest BCUT2D eigenvalue weighted by atomic mass is 10.1. The number of esters is 2. The Labute approximate surface area is 197 Å². The first-order valence-corrected chi connectivity index (χ1v) is 10.6. The fourth-order valence-electron chi connectivity index (χ4n) is 3.93. The van der Waals surface area contributed by atoms with E-state index in [2.05, 4.69) is 5.10 Å². The maximum Gasteiger partial charge on any atom is 0.434 e. The van der Waals surface area contributed by atoms with Crippen molar-refractivity contribution in [2.75, 3.05) is 25.2 Å². The monoisotopic (exact) mass is 487 g/mol. The number of hydrogen-bond acceptors (Lipinski definition) is 6. The molecule has 0 N–H and O–H groups in total. The van der Waals surface area contributed by atoms with Crippen LogP contribution in [0.4, 0.5) is 18.9 Å². The zero-order chi connectivity index (χ0) is 25.3. The van der Waals surface area contributed by atoms with Crippen LogP contribution in [0.5, 0.6) is 0 Å². The van der Waals surface area contributed by atoms with Crippen LogP contribution in [0.25, 0.3) is 5.69 Å². The van der Waals surface area contributed by atoms with Crippen molar-refractivity contribution in [3.8, 4) is 5.69 Å². The van der Waals surface area contributed by atoms with Crippen molar-refractivity contribution in [2.24, 2.45) is 0 Å². The Morgan fingerprint density at radius 3 is 2.34 bits per heavy atom. The van der Waals surface area contributed by atoms with Gasteiger partial charge in [-0.2, -0.15) is 18.3 Å². The minimum atomic E-state index is -4.87. The van der Waals surface area contributed by atoms with E-state index >= 15 is 0 Å². The van der Waals surface area contributed by atoms with Gasteiger partial charge in [-0.3, -0.25) is 4.79 Å². The molecule has 0 saturated heterocycles. The Balaban J connectivity index is 1.61. The number of rotatable bonds is 5. The molecule has 0 spiro atoms. The average molecular weight is 487 g/mol. The Hall–Kier alpha value is -4.15. The van der Waals surface area contributed by atoms with Gasteiger partial charge in [-0.25, -0.2) is 14.3 Å². The number of nitrogens with zero attached hydrogens (tertiary/aromatic N) is 3. The molecule has 1 aliphatic heterocycles. The second-order valence-corrected chi connectivity index (χ2v) is 7.63. The fraction of sp³-hybridized carbons (Fsp3) is 0.250. The van der Waals surface area contributed by atoms with Crippen LogP contribution in [0, 0.1) is 0 Å².